The molecule has 0 aromatic rings. The van der Waals surface area contributed by atoms with Gasteiger partial charge in [0.05, 0.1) is 0 Å². The third-order valence-corrected chi connectivity index (χ3v) is 9.72. The van der Waals surface area contributed by atoms with Crippen LogP contribution in [0.25, 0.3) is 0 Å². The van der Waals surface area contributed by atoms with E-state index in [1.165, 1.54) is 20.3 Å². The molecule has 168 valence electrons. The van der Waals surface area contributed by atoms with Crippen LogP contribution in [0.3, 0.4) is 0 Å². The monoisotopic (exact) mass is 418 g/mol. The minimum absolute atomic E-state index is 0.0639. The van der Waals surface area contributed by atoms with Gasteiger partial charge in [0, 0.05) is 26.2 Å². The molecule has 4 saturated carbocycles. The van der Waals surface area contributed by atoms with E-state index in [1.54, 1.807) is 0 Å². The maximum absolute atomic E-state index is 12.8. The fourth-order valence-corrected chi connectivity index (χ4v) is 8.49. The number of carbonyl (C=O) groups excluding carboxylic acids is 3. The second kappa shape index (κ2) is 7.63. The van der Waals surface area contributed by atoms with Gasteiger partial charge in [0.25, 0.3) is 0 Å². The molecule has 4 fully saturated rings. The van der Waals surface area contributed by atoms with Crippen molar-refractivity contribution in [1.82, 2.24) is 0 Å². The molecular weight excluding hydrogens is 380 g/mol. The van der Waals surface area contributed by atoms with Crippen molar-refractivity contribution in [3.8, 4) is 0 Å². The van der Waals surface area contributed by atoms with E-state index in [-0.39, 0.29) is 40.9 Å². The third kappa shape index (κ3) is 3.31. The summed E-state index contributed by atoms with van der Waals surface area (Å²) in [5.74, 6) is 2.18. The predicted octanol–water partition coefficient (Wildman–Crippen LogP) is 4.71. The quantitative estimate of drug-likeness (QED) is 0.621. The number of Topliss-reactive ketones (excluding diaryl/α,β-unsaturated/α-hetero) is 1. The molecule has 4 rings (SSSR count). The molecule has 0 bridgehead atoms. The van der Waals surface area contributed by atoms with Crippen molar-refractivity contribution in [2.45, 2.75) is 98.2 Å². The van der Waals surface area contributed by atoms with Crippen LogP contribution in [0.1, 0.15) is 86.0 Å². The number of ketones is 1. The van der Waals surface area contributed by atoms with Crippen molar-refractivity contribution in [2.24, 2.45) is 40.4 Å². The summed E-state index contributed by atoms with van der Waals surface area (Å²) in [5, 5.41) is 0. The molecule has 0 N–H and O–H groups in total. The number of esters is 2. The zero-order valence-electron chi connectivity index (χ0n) is 19.2. The van der Waals surface area contributed by atoms with E-state index >= 15 is 0 Å². The van der Waals surface area contributed by atoms with Crippen molar-refractivity contribution in [3.63, 3.8) is 0 Å². The molecule has 4 aliphatic rings. The maximum Gasteiger partial charge on any atom is 0.303 e. The highest BCUT2D eigenvalue weighted by Gasteiger charge is 2.63. The second-order valence-electron chi connectivity index (χ2n) is 11.1. The number of ether oxygens (including phenoxy) is 2. The minimum Gasteiger partial charge on any atom is -0.459 e. The first kappa shape index (κ1) is 21.8. The minimum atomic E-state index is -0.367. The first-order valence-corrected chi connectivity index (χ1v) is 12.0. The van der Waals surface area contributed by atoms with Crippen LogP contribution in [0.2, 0.25) is 0 Å². The Balaban J connectivity index is 1.61. The van der Waals surface area contributed by atoms with E-state index in [0.717, 1.165) is 44.9 Å². The van der Waals surface area contributed by atoms with E-state index in [9.17, 15) is 14.4 Å². The Hall–Kier alpha value is -1.39. The summed E-state index contributed by atoms with van der Waals surface area (Å²) in [6.07, 6.45) is 7.08. The highest BCUT2D eigenvalue weighted by atomic mass is 16.6. The summed E-state index contributed by atoms with van der Waals surface area (Å²) in [5.41, 5.74) is 0.217. The average molecular weight is 419 g/mol. The fourth-order valence-electron chi connectivity index (χ4n) is 8.49. The van der Waals surface area contributed by atoms with E-state index in [0.29, 0.717) is 29.5 Å². The summed E-state index contributed by atoms with van der Waals surface area (Å²) >= 11 is 0. The van der Waals surface area contributed by atoms with Gasteiger partial charge < -0.3 is 9.47 Å². The summed E-state index contributed by atoms with van der Waals surface area (Å²) in [7, 11) is 0. The number of hydrogen-bond donors (Lipinski definition) is 0. The fraction of sp³-hybridized carbons (Fsp3) is 0.880. The highest BCUT2D eigenvalue weighted by Crippen LogP contribution is 2.67. The molecule has 5 heteroatoms. The molecule has 0 amide bonds. The van der Waals surface area contributed by atoms with E-state index in [2.05, 4.69) is 20.8 Å². The summed E-state index contributed by atoms with van der Waals surface area (Å²) in [6.45, 7) is 9.79. The van der Waals surface area contributed by atoms with Gasteiger partial charge in [0.1, 0.15) is 18.0 Å². The van der Waals surface area contributed by atoms with Gasteiger partial charge in [0.2, 0.25) is 0 Å². The van der Waals surface area contributed by atoms with E-state index in [4.69, 9.17) is 9.47 Å². The average Bonchev–Trinajstić information content (AvgIpc) is 2.91. The second-order valence-corrected chi connectivity index (χ2v) is 11.1. The van der Waals surface area contributed by atoms with E-state index in [1.807, 2.05) is 0 Å². The number of carbonyl (C=O) groups is 3. The highest BCUT2D eigenvalue weighted by molar-refractivity contribution is 5.84. The Morgan fingerprint density at radius 2 is 1.63 bits per heavy atom. The van der Waals surface area contributed by atoms with Crippen LogP contribution < -0.4 is 0 Å². The SMILES string of the molecule is CC[C@@H]1C(=O)C[C@H]2[C@@H]3CC[C@@H]4C[C@@H](OC(C)=O)[C@@H](OC(C)=O)C[C@]4(C)[C@@H]3CC[C@@]12C. The third-order valence-electron chi connectivity index (χ3n) is 9.72. The molecule has 0 aliphatic heterocycles. The van der Waals surface area contributed by atoms with E-state index < -0.39 is 0 Å². The van der Waals surface area contributed by atoms with Crippen molar-refractivity contribution in [1.29, 1.82) is 0 Å². The molecule has 9 atom stereocenters. The first-order chi connectivity index (χ1) is 14.1. The van der Waals surface area contributed by atoms with Gasteiger partial charge in [0.15, 0.2) is 0 Å². The van der Waals surface area contributed by atoms with Crippen LogP contribution >= 0.6 is 0 Å². The molecule has 0 aromatic carbocycles. The number of rotatable bonds is 3. The molecule has 0 spiro atoms. The van der Waals surface area contributed by atoms with Gasteiger partial charge in [-0.1, -0.05) is 20.8 Å². The molecule has 0 saturated heterocycles. The lowest BCUT2D eigenvalue weighted by Crippen LogP contribution is -2.57. The zero-order valence-corrected chi connectivity index (χ0v) is 19.2. The zero-order chi connectivity index (χ0) is 21.8. The van der Waals surface area contributed by atoms with Crippen LogP contribution in [0, 0.1) is 40.4 Å². The predicted molar refractivity (Wildman–Crippen MR) is 112 cm³/mol. The number of fused-ring (bicyclic) bond motifs is 5. The Kier molecular flexibility index (Phi) is 5.55. The van der Waals surface area contributed by atoms with Gasteiger partial charge in [-0.25, -0.2) is 0 Å². The molecule has 0 heterocycles. The Bertz CT molecular complexity index is 731. The normalized spacial score (nSPS) is 47.6. The summed E-state index contributed by atoms with van der Waals surface area (Å²) in [4.78, 5) is 36.3. The molecule has 4 aliphatic carbocycles. The Morgan fingerprint density at radius 3 is 2.27 bits per heavy atom. The van der Waals surface area contributed by atoms with Crippen LogP contribution in [-0.2, 0) is 23.9 Å². The molecular formula is C25H38O5. The van der Waals surface area contributed by atoms with Gasteiger partial charge in [-0.15, -0.1) is 0 Å². The van der Waals surface area contributed by atoms with Crippen LogP contribution in [0.15, 0.2) is 0 Å². The molecule has 30 heavy (non-hydrogen) atoms. The van der Waals surface area contributed by atoms with Crippen molar-refractivity contribution >= 4 is 17.7 Å². The number of hydrogen-bond acceptors (Lipinski definition) is 5. The van der Waals surface area contributed by atoms with Crippen LogP contribution in [0.4, 0.5) is 0 Å². The maximum atomic E-state index is 12.8. The van der Waals surface area contributed by atoms with Gasteiger partial charge in [-0.2, -0.15) is 0 Å². The smallest absolute Gasteiger partial charge is 0.303 e. The summed E-state index contributed by atoms with van der Waals surface area (Å²) in [6, 6.07) is 0. The Labute approximate surface area is 180 Å². The topological polar surface area (TPSA) is 69.7 Å². The molecule has 0 aromatic heterocycles. The standard InChI is InChI=1S/C25H38O5/c1-6-18-21(28)12-20-17-8-7-16-11-22(29-14(2)26)23(30-15(3)27)13-25(16,5)19(17)9-10-24(18,20)4/h16-20,22-23H,6-13H2,1-5H3/t16-,17-,18-,19-,20+,22-,23+,24+,25+/m1/s1. The summed E-state index contributed by atoms with van der Waals surface area (Å²) < 4.78 is 11.3. The lowest BCUT2D eigenvalue weighted by molar-refractivity contribution is -0.195. The van der Waals surface area contributed by atoms with Crippen LogP contribution in [-0.4, -0.2) is 29.9 Å². The van der Waals surface area contributed by atoms with Crippen molar-refractivity contribution in [2.75, 3.05) is 0 Å². The first-order valence-electron chi connectivity index (χ1n) is 12.0. The molecule has 5 nitrogen and oxygen atoms in total. The largest absolute Gasteiger partial charge is 0.459 e. The van der Waals surface area contributed by atoms with Gasteiger partial charge in [-0.3, -0.25) is 14.4 Å². The van der Waals surface area contributed by atoms with Crippen molar-refractivity contribution in [3.05, 3.63) is 0 Å². The van der Waals surface area contributed by atoms with Gasteiger partial charge in [-0.05, 0) is 79.4 Å². The lowest BCUT2D eigenvalue weighted by Gasteiger charge is -2.61. The van der Waals surface area contributed by atoms with Gasteiger partial charge >= 0.3 is 11.9 Å². The lowest BCUT2D eigenvalue weighted by atomic mass is 9.44. The molecule has 0 unspecified atom stereocenters. The molecule has 0 radical (unpaired) electrons. The Morgan fingerprint density at radius 1 is 0.967 bits per heavy atom. The van der Waals surface area contributed by atoms with Crippen LogP contribution in [0.5, 0.6) is 0 Å². The van der Waals surface area contributed by atoms with Crippen molar-refractivity contribution < 1.29 is 23.9 Å².